The number of hydrogen-bond acceptors (Lipinski definition) is 17. The second-order valence-corrected chi connectivity index (χ2v) is 18.5. The summed E-state index contributed by atoms with van der Waals surface area (Å²) in [5.41, 5.74) is -1.18. The predicted octanol–water partition coefficient (Wildman–Crippen LogP) is 3.15. The maximum absolute atomic E-state index is 13.5. The summed E-state index contributed by atoms with van der Waals surface area (Å²) in [5.74, 6) is -4.03. The Balaban J connectivity index is 1.67. The Kier molecular flexibility index (Phi) is 18.7. The van der Waals surface area contributed by atoms with Gasteiger partial charge in [-0.1, -0.05) is 39.0 Å². The van der Waals surface area contributed by atoms with E-state index in [0.717, 1.165) is 0 Å². The van der Waals surface area contributed by atoms with E-state index in [2.05, 4.69) is 6.07 Å². The van der Waals surface area contributed by atoms with Crippen LogP contribution in [0.15, 0.2) is 23.8 Å². The lowest BCUT2D eigenvalue weighted by Crippen LogP contribution is -2.66. The van der Waals surface area contributed by atoms with Crippen molar-refractivity contribution in [1.82, 2.24) is 4.90 Å². The van der Waals surface area contributed by atoms with Gasteiger partial charge in [-0.3, -0.25) is 14.4 Å². The fourth-order valence-corrected chi connectivity index (χ4v) is 9.44. The molecule has 4 heterocycles. The lowest BCUT2D eigenvalue weighted by molar-refractivity contribution is -0.344. The number of methoxy groups -OCH3 is 1. The van der Waals surface area contributed by atoms with Gasteiger partial charge in [0.1, 0.15) is 36.3 Å². The molecule has 1 aliphatic carbocycles. The molecule has 2 bridgehead atoms. The second-order valence-electron chi connectivity index (χ2n) is 18.5. The van der Waals surface area contributed by atoms with Gasteiger partial charge < -0.3 is 62.9 Å². The first-order valence-corrected chi connectivity index (χ1v) is 21.8. The minimum atomic E-state index is -1.51. The van der Waals surface area contributed by atoms with E-state index in [1.165, 1.54) is 14.0 Å². The number of aliphatic hydroxyl groups excluding tert-OH is 2. The molecule has 18 atom stereocenters. The highest BCUT2D eigenvalue weighted by molar-refractivity contribution is 5.72. The minimum absolute atomic E-state index is 0.0547. The summed E-state index contributed by atoms with van der Waals surface area (Å²) in [7, 11) is 4.86. The van der Waals surface area contributed by atoms with Crippen molar-refractivity contribution in [2.45, 2.75) is 179 Å². The molecule has 5 rings (SSSR count). The number of carbonyl (C=O) groups excluding carboxylic acids is 4. The van der Waals surface area contributed by atoms with Gasteiger partial charge in [0.2, 0.25) is 0 Å². The van der Waals surface area contributed by atoms with Gasteiger partial charge in [0, 0.05) is 44.8 Å². The number of hydrogen-bond donors (Lipinski definition) is 3. The van der Waals surface area contributed by atoms with Crippen molar-refractivity contribution in [2.24, 2.45) is 29.6 Å². The number of ether oxygens (including phenoxy) is 8. The number of carbonyl (C=O) groups is 4. The first-order chi connectivity index (χ1) is 29.1. The third-order valence-electron chi connectivity index (χ3n) is 12.3. The number of aldehydes is 1. The standard InChI is InChI=1S/C45H70N2O15/c1-23(2)16-34(50)60-43-27(6)57-36(21-45(43,8)54)61-41-26(5)58-44(39(53)37(41)47(9)10)62-40-24(3)17-30(14-15-48)38(52)32-13-12-29(19-31(32)22-46)18-25(4)56-35(51)20-33(42(40)55-11)59-28(7)49/h12-13,15,19,23-27,29-30,32-33,36-44,52-54H,14,16-18,20-21H2,1-11H3/t24-,25+,26+,27-,29?,30+,32?,33+,36-,37+,38+,39+,40-,41+,42-,43-,44-,45+/m0/s1. The average Bonchev–Trinajstić information content (AvgIpc) is 3.16. The number of likely N-dealkylation sites (N-methyl/N-ethyl adjacent to an activating group) is 1. The molecule has 2 fully saturated rings. The molecule has 17 nitrogen and oxygen atoms in total. The molecule has 350 valence electrons. The third-order valence-corrected chi connectivity index (χ3v) is 12.3. The number of allylic oxidation sites excluding steroid dienone is 2. The Labute approximate surface area is 365 Å². The summed E-state index contributed by atoms with van der Waals surface area (Å²) in [6.45, 7) is 13.5. The highest BCUT2D eigenvalue weighted by Crippen LogP contribution is 2.39. The topological polar surface area (TPSA) is 230 Å². The Morgan fingerprint density at radius 2 is 1.71 bits per heavy atom. The summed E-state index contributed by atoms with van der Waals surface area (Å²) in [4.78, 5) is 52.5. The van der Waals surface area contributed by atoms with Crippen LogP contribution < -0.4 is 0 Å². The van der Waals surface area contributed by atoms with Crippen molar-refractivity contribution in [3.05, 3.63) is 23.8 Å². The van der Waals surface area contributed by atoms with Crippen molar-refractivity contribution < 1.29 is 72.4 Å². The number of fused-ring (bicyclic) bond motifs is 11. The summed E-state index contributed by atoms with van der Waals surface area (Å²) in [6.07, 6.45) is -6.13. The van der Waals surface area contributed by atoms with Crippen LogP contribution in [0.1, 0.15) is 93.9 Å². The maximum Gasteiger partial charge on any atom is 0.309 e. The zero-order chi connectivity index (χ0) is 46.2. The molecule has 0 aromatic carbocycles. The van der Waals surface area contributed by atoms with Gasteiger partial charge in [0.25, 0.3) is 0 Å². The van der Waals surface area contributed by atoms with E-state index < -0.39 is 127 Å². The molecule has 62 heavy (non-hydrogen) atoms. The van der Waals surface area contributed by atoms with Crippen molar-refractivity contribution in [3.8, 4) is 6.07 Å². The van der Waals surface area contributed by atoms with Crippen LogP contribution >= 0.6 is 0 Å². The number of esters is 3. The summed E-state index contributed by atoms with van der Waals surface area (Å²) in [5, 5.41) is 45.6. The van der Waals surface area contributed by atoms with Gasteiger partial charge in [-0.2, -0.15) is 5.26 Å². The molecule has 17 heteroatoms. The monoisotopic (exact) mass is 878 g/mol. The normalized spacial score (nSPS) is 40.9. The lowest BCUT2D eigenvalue weighted by Gasteiger charge is -2.50. The zero-order valence-corrected chi connectivity index (χ0v) is 38.1. The highest BCUT2D eigenvalue weighted by Gasteiger charge is 2.53. The van der Waals surface area contributed by atoms with E-state index in [0.29, 0.717) is 18.3 Å². The molecular weight excluding hydrogens is 808 g/mol. The predicted molar refractivity (Wildman–Crippen MR) is 221 cm³/mol. The van der Waals surface area contributed by atoms with E-state index in [9.17, 15) is 39.8 Å². The van der Waals surface area contributed by atoms with Crippen LogP contribution in [-0.4, -0.2) is 151 Å². The third kappa shape index (κ3) is 13.1. The first-order valence-electron chi connectivity index (χ1n) is 21.8. The number of rotatable bonds is 12. The molecule has 2 saturated heterocycles. The average molecular weight is 879 g/mol. The molecule has 0 amide bonds. The Morgan fingerprint density at radius 1 is 1.02 bits per heavy atom. The van der Waals surface area contributed by atoms with Crippen molar-refractivity contribution >= 4 is 24.2 Å². The van der Waals surface area contributed by atoms with E-state index in [4.69, 9.17) is 37.9 Å². The number of nitrogens with zero attached hydrogens (tertiary/aromatic N) is 2. The molecule has 0 aromatic heterocycles. The smallest absolute Gasteiger partial charge is 0.309 e. The number of nitriles is 1. The van der Waals surface area contributed by atoms with Crippen molar-refractivity contribution in [1.29, 1.82) is 5.26 Å². The van der Waals surface area contributed by atoms with Crippen LogP contribution in [0.5, 0.6) is 0 Å². The van der Waals surface area contributed by atoms with Crippen molar-refractivity contribution in [3.63, 3.8) is 0 Å². The fraction of sp³-hybridized carbons (Fsp3) is 0.800. The molecule has 5 aliphatic rings. The van der Waals surface area contributed by atoms with Crippen LogP contribution in [0.2, 0.25) is 0 Å². The van der Waals surface area contributed by atoms with Crippen LogP contribution in [0, 0.1) is 40.9 Å². The molecule has 0 aromatic rings. The summed E-state index contributed by atoms with van der Waals surface area (Å²) in [6, 6.07) is 1.41. The molecular formula is C45H70N2O15. The molecule has 3 N–H and O–H groups in total. The van der Waals surface area contributed by atoms with Gasteiger partial charge in [-0.25, -0.2) is 0 Å². The van der Waals surface area contributed by atoms with E-state index in [1.807, 2.05) is 19.9 Å². The van der Waals surface area contributed by atoms with Crippen LogP contribution in [0.4, 0.5) is 0 Å². The molecule has 4 aliphatic heterocycles. The Hall–Kier alpha value is -3.31. The van der Waals surface area contributed by atoms with E-state index in [1.54, 1.807) is 65.8 Å². The summed E-state index contributed by atoms with van der Waals surface area (Å²) < 4.78 is 48.9. The Morgan fingerprint density at radius 3 is 2.29 bits per heavy atom. The first kappa shape index (κ1) is 51.3. The van der Waals surface area contributed by atoms with Crippen LogP contribution in [-0.2, 0) is 57.1 Å². The molecule has 0 saturated carbocycles. The van der Waals surface area contributed by atoms with E-state index in [-0.39, 0.29) is 37.5 Å². The van der Waals surface area contributed by atoms with Gasteiger partial charge in [-0.15, -0.1) is 0 Å². The maximum atomic E-state index is 13.5. The lowest BCUT2D eigenvalue weighted by atomic mass is 9.75. The van der Waals surface area contributed by atoms with Gasteiger partial charge >= 0.3 is 17.9 Å². The molecule has 0 spiro atoms. The Bertz CT molecular complexity index is 1630. The second kappa shape index (κ2) is 22.5. The largest absolute Gasteiger partial charge is 0.463 e. The number of aliphatic hydroxyl groups is 3. The fourth-order valence-electron chi connectivity index (χ4n) is 9.44. The molecule has 0 radical (unpaired) electrons. The van der Waals surface area contributed by atoms with Crippen LogP contribution in [0.25, 0.3) is 0 Å². The van der Waals surface area contributed by atoms with Gasteiger partial charge in [0.05, 0.1) is 49.1 Å². The summed E-state index contributed by atoms with van der Waals surface area (Å²) >= 11 is 0. The van der Waals surface area contributed by atoms with Gasteiger partial charge in [0.15, 0.2) is 18.7 Å². The van der Waals surface area contributed by atoms with Crippen molar-refractivity contribution in [2.75, 3.05) is 21.2 Å². The highest BCUT2D eigenvalue weighted by atomic mass is 16.7. The van der Waals surface area contributed by atoms with Crippen LogP contribution in [0.3, 0.4) is 0 Å². The van der Waals surface area contributed by atoms with E-state index >= 15 is 0 Å². The SMILES string of the molecule is CO[C@@H]1[C@@H](O[C@@H]2O[C@H](C)[C@@H](O[C@H]3C[C@@](C)(O)[C@@H](OC(=O)CC(C)C)[C@H](C)O3)[C@H](N(C)C)[C@H]2O)[C@@H](C)C[C@@H](CC=O)[C@@H](O)C2C=CC(C=C2C#N)C[C@@H](C)OC(=O)C[C@H]1OC(C)=O. The zero-order valence-electron chi connectivity index (χ0n) is 38.1. The quantitative estimate of drug-likeness (QED) is 0.111. The molecule has 2 unspecified atom stereocenters. The minimum Gasteiger partial charge on any atom is -0.463 e. The van der Waals surface area contributed by atoms with Gasteiger partial charge in [-0.05, 0) is 78.3 Å².